The highest BCUT2D eigenvalue weighted by atomic mass is 32.1. The number of nitrogens with zero attached hydrogens (tertiary/aromatic N) is 1. The normalized spacial score (nSPS) is 15.3. The predicted molar refractivity (Wildman–Crippen MR) is 72.9 cm³/mol. The van der Waals surface area contributed by atoms with Gasteiger partial charge in [0, 0.05) is 11.6 Å². The van der Waals surface area contributed by atoms with Crippen LogP contribution < -0.4 is 10.5 Å². The number of rotatable bonds is 3. The molecule has 0 bridgehead atoms. The molecule has 0 amide bonds. The molecule has 2 aromatic rings. The summed E-state index contributed by atoms with van der Waals surface area (Å²) in [5.41, 5.74) is 7.27. The number of ether oxygens (including phenoxy) is 2. The van der Waals surface area contributed by atoms with Crippen molar-refractivity contribution in [2.24, 2.45) is 5.73 Å². The highest BCUT2D eigenvalue weighted by Crippen LogP contribution is 2.30. The second-order valence-corrected chi connectivity index (χ2v) is 4.60. The van der Waals surface area contributed by atoms with Crippen LogP contribution >= 0.6 is 12.2 Å². The van der Waals surface area contributed by atoms with E-state index in [1.807, 2.05) is 24.3 Å². The van der Waals surface area contributed by atoms with Gasteiger partial charge >= 0.3 is 0 Å². The van der Waals surface area contributed by atoms with Crippen LogP contribution in [-0.4, -0.2) is 29.3 Å². The lowest BCUT2D eigenvalue weighted by atomic mass is 10.1. The number of thiocarbonyl (C=S) groups is 1. The third-order valence-electron chi connectivity index (χ3n) is 2.88. The molecule has 0 radical (unpaired) electrons. The summed E-state index contributed by atoms with van der Waals surface area (Å²) in [6, 6.07) is 7.77. The number of hydrogen-bond acceptors (Lipinski definition) is 4. The minimum atomic E-state index is 0.0731. The number of para-hydroxylation sites is 1. The summed E-state index contributed by atoms with van der Waals surface area (Å²) in [4.78, 5) is 4.63. The Morgan fingerprint density at radius 1 is 1.39 bits per heavy atom. The lowest BCUT2D eigenvalue weighted by molar-refractivity contribution is -0.0791. The molecule has 3 rings (SSSR count). The molecule has 0 spiro atoms. The SMILES string of the molecule is NC(=S)c1cnc2ccccc2c1OC1COC1. The number of fused-ring (bicyclic) bond motifs is 1. The third kappa shape index (κ3) is 1.91. The molecule has 1 aromatic carbocycles. The van der Waals surface area contributed by atoms with Crippen molar-refractivity contribution in [3.8, 4) is 5.75 Å². The summed E-state index contributed by atoms with van der Waals surface area (Å²) in [6.45, 7) is 1.21. The molecule has 18 heavy (non-hydrogen) atoms. The number of aromatic nitrogens is 1. The smallest absolute Gasteiger partial charge is 0.145 e. The highest BCUT2D eigenvalue weighted by Gasteiger charge is 2.23. The van der Waals surface area contributed by atoms with Crippen LogP contribution in [0, 0.1) is 0 Å². The minimum absolute atomic E-state index is 0.0731. The molecule has 0 aliphatic carbocycles. The van der Waals surface area contributed by atoms with E-state index in [2.05, 4.69) is 4.98 Å². The number of benzene rings is 1. The van der Waals surface area contributed by atoms with Crippen LogP contribution in [0.4, 0.5) is 0 Å². The van der Waals surface area contributed by atoms with E-state index in [4.69, 9.17) is 27.4 Å². The van der Waals surface area contributed by atoms with Gasteiger partial charge in [-0.1, -0.05) is 24.4 Å². The Balaban J connectivity index is 2.14. The lowest BCUT2D eigenvalue weighted by Crippen LogP contribution is -2.39. The van der Waals surface area contributed by atoms with Crippen molar-refractivity contribution >= 4 is 28.1 Å². The predicted octanol–water partition coefficient (Wildman–Crippen LogP) is 1.65. The zero-order chi connectivity index (χ0) is 12.5. The largest absolute Gasteiger partial charge is 0.484 e. The molecule has 4 nitrogen and oxygen atoms in total. The van der Waals surface area contributed by atoms with Crippen molar-refractivity contribution in [2.45, 2.75) is 6.10 Å². The third-order valence-corrected chi connectivity index (χ3v) is 3.10. The topological polar surface area (TPSA) is 57.4 Å². The summed E-state index contributed by atoms with van der Waals surface area (Å²) in [7, 11) is 0. The van der Waals surface area contributed by atoms with Gasteiger partial charge in [0.05, 0.1) is 24.3 Å². The van der Waals surface area contributed by atoms with Crippen molar-refractivity contribution in [3.63, 3.8) is 0 Å². The maximum atomic E-state index is 5.92. The van der Waals surface area contributed by atoms with Crippen molar-refractivity contribution in [1.29, 1.82) is 0 Å². The van der Waals surface area contributed by atoms with Gasteiger partial charge in [0.25, 0.3) is 0 Å². The van der Waals surface area contributed by atoms with E-state index in [0.717, 1.165) is 10.9 Å². The van der Waals surface area contributed by atoms with E-state index in [0.29, 0.717) is 29.5 Å². The van der Waals surface area contributed by atoms with Gasteiger partial charge in [0.1, 0.15) is 16.8 Å². The van der Waals surface area contributed by atoms with Gasteiger partial charge in [-0.15, -0.1) is 0 Å². The van der Waals surface area contributed by atoms with Gasteiger partial charge in [-0.05, 0) is 12.1 Å². The molecule has 1 saturated heterocycles. The zero-order valence-corrected chi connectivity index (χ0v) is 10.4. The van der Waals surface area contributed by atoms with Crippen LogP contribution in [0.15, 0.2) is 30.5 Å². The van der Waals surface area contributed by atoms with Crippen molar-refractivity contribution in [1.82, 2.24) is 4.98 Å². The van der Waals surface area contributed by atoms with Gasteiger partial charge in [-0.25, -0.2) is 0 Å². The molecule has 1 aliphatic heterocycles. The molecule has 1 fully saturated rings. The summed E-state index contributed by atoms with van der Waals surface area (Å²) < 4.78 is 11.0. The Labute approximate surface area is 110 Å². The standard InChI is InChI=1S/C13H12N2O2S/c14-13(18)10-5-15-11-4-2-1-3-9(11)12(10)17-8-6-16-7-8/h1-5,8H,6-7H2,(H2,14,18). The molecule has 0 atom stereocenters. The van der Waals surface area contributed by atoms with Gasteiger partial charge in [-0.2, -0.15) is 0 Å². The molecule has 2 heterocycles. The quantitative estimate of drug-likeness (QED) is 0.850. The second-order valence-electron chi connectivity index (χ2n) is 4.16. The van der Waals surface area contributed by atoms with Crippen LogP contribution in [0.1, 0.15) is 5.56 Å². The maximum Gasteiger partial charge on any atom is 0.145 e. The number of hydrogen-bond donors (Lipinski definition) is 1. The second kappa shape index (κ2) is 4.51. The molecular formula is C13H12N2O2S. The fraction of sp³-hybridized carbons (Fsp3) is 0.231. The molecular weight excluding hydrogens is 248 g/mol. The fourth-order valence-electron chi connectivity index (χ4n) is 1.87. The fourth-order valence-corrected chi connectivity index (χ4v) is 2.01. The van der Waals surface area contributed by atoms with E-state index in [1.165, 1.54) is 0 Å². The Morgan fingerprint density at radius 3 is 2.83 bits per heavy atom. The van der Waals surface area contributed by atoms with Crippen LogP contribution in [-0.2, 0) is 4.74 Å². The van der Waals surface area contributed by atoms with Crippen LogP contribution in [0.25, 0.3) is 10.9 Å². The first-order valence-corrected chi connectivity index (χ1v) is 6.08. The molecule has 0 saturated carbocycles. The Bertz CT molecular complexity index is 611. The average Bonchev–Trinajstić information content (AvgIpc) is 2.33. The Hall–Kier alpha value is -1.72. The molecule has 2 N–H and O–H groups in total. The van der Waals surface area contributed by atoms with Crippen LogP contribution in [0.5, 0.6) is 5.75 Å². The average molecular weight is 260 g/mol. The summed E-state index contributed by atoms with van der Waals surface area (Å²) in [5.74, 6) is 0.710. The van der Waals surface area contributed by atoms with Gasteiger partial charge in [0.15, 0.2) is 0 Å². The van der Waals surface area contributed by atoms with E-state index < -0.39 is 0 Å². The number of nitrogens with two attached hydrogens (primary N) is 1. The van der Waals surface area contributed by atoms with Crippen LogP contribution in [0.2, 0.25) is 0 Å². The van der Waals surface area contributed by atoms with E-state index >= 15 is 0 Å². The van der Waals surface area contributed by atoms with Crippen molar-refractivity contribution in [3.05, 3.63) is 36.0 Å². The molecule has 5 heteroatoms. The zero-order valence-electron chi connectivity index (χ0n) is 9.63. The van der Waals surface area contributed by atoms with E-state index in [1.54, 1.807) is 6.20 Å². The maximum absolute atomic E-state index is 5.92. The Kier molecular flexibility index (Phi) is 2.85. The first-order valence-electron chi connectivity index (χ1n) is 5.67. The highest BCUT2D eigenvalue weighted by molar-refractivity contribution is 7.80. The van der Waals surface area contributed by atoms with Gasteiger partial charge < -0.3 is 15.2 Å². The first-order chi connectivity index (χ1) is 8.75. The Morgan fingerprint density at radius 2 is 2.17 bits per heavy atom. The van der Waals surface area contributed by atoms with Crippen molar-refractivity contribution < 1.29 is 9.47 Å². The number of pyridine rings is 1. The molecule has 1 aliphatic rings. The van der Waals surface area contributed by atoms with Gasteiger partial charge in [-0.3, -0.25) is 4.98 Å². The summed E-state index contributed by atoms with van der Waals surface area (Å²) in [6.07, 6.45) is 1.74. The lowest BCUT2D eigenvalue weighted by Gasteiger charge is -2.28. The first kappa shape index (κ1) is 11.4. The van der Waals surface area contributed by atoms with Crippen molar-refractivity contribution in [2.75, 3.05) is 13.2 Å². The monoisotopic (exact) mass is 260 g/mol. The van der Waals surface area contributed by atoms with E-state index in [9.17, 15) is 0 Å². The van der Waals surface area contributed by atoms with Gasteiger partial charge in [0.2, 0.25) is 0 Å². The molecule has 0 unspecified atom stereocenters. The molecule has 1 aromatic heterocycles. The summed E-state index contributed by atoms with van der Waals surface area (Å²) in [5, 5.41) is 0.926. The van der Waals surface area contributed by atoms with E-state index in [-0.39, 0.29) is 6.10 Å². The molecule has 92 valence electrons. The van der Waals surface area contributed by atoms with Crippen LogP contribution in [0.3, 0.4) is 0 Å². The minimum Gasteiger partial charge on any atom is -0.484 e. The summed E-state index contributed by atoms with van der Waals surface area (Å²) >= 11 is 5.05.